The topological polar surface area (TPSA) is 80.5 Å². The lowest BCUT2D eigenvalue weighted by molar-refractivity contribution is 0.657. The van der Waals surface area contributed by atoms with Crippen molar-refractivity contribution in [1.82, 2.24) is 14.8 Å². The minimum Gasteiger partial charge on any atom is -0.384 e. The van der Waals surface area contributed by atoms with Crippen LogP contribution in [0.3, 0.4) is 0 Å². The quantitative estimate of drug-likeness (QED) is 0.645. The van der Waals surface area contributed by atoms with Gasteiger partial charge in [0, 0.05) is 21.0 Å². The molecule has 2 heterocycles. The Morgan fingerprint density at radius 1 is 1.25 bits per heavy atom. The maximum absolute atomic E-state index is 9.09. The molecule has 2 N–H and O–H groups in total. The van der Waals surface area contributed by atoms with Gasteiger partial charge in [-0.05, 0) is 65.8 Å². The van der Waals surface area contributed by atoms with Crippen LogP contribution in [0.5, 0.6) is 0 Å². The summed E-state index contributed by atoms with van der Waals surface area (Å²) in [4.78, 5) is 4.13. The zero-order valence-electron chi connectivity index (χ0n) is 13.4. The van der Waals surface area contributed by atoms with Crippen LogP contribution in [0.2, 0.25) is 0 Å². The molecule has 0 aliphatic heterocycles. The van der Waals surface area contributed by atoms with Gasteiger partial charge in [0.25, 0.3) is 0 Å². The number of halogens is 1. The maximum Gasteiger partial charge on any atom is 0.123 e. The lowest BCUT2D eigenvalue weighted by atomic mass is 10.0. The first-order chi connectivity index (χ1) is 11.5. The number of nitrogens with zero attached hydrogens (tertiary/aromatic N) is 4. The number of aryl methyl sites for hydroxylation is 1. The molecule has 0 unspecified atom stereocenters. The number of aromatic nitrogens is 3. The Morgan fingerprint density at radius 3 is 2.67 bits per heavy atom. The molecule has 24 heavy (non-hydrogen) atoms. The zero-order valence-corrected chi connectivity index (χ0v) is 15.6. The van der Waals surface area contributed by atoms with Crippen LogP contribution in [-0.4, -0.2) is 14.8 Å². The molecule has 0 aliphatic carbocycles. The molecule has 0 saturated heterocycles. The van der Waals surface area contributed by atoms with Crippen molar-refractivity contribution in [2.24, 2.45) is 0 Å². The highest BCUT2D eigenvalue weighted by molar-refractivity contribution is 14.1. The molecule has 0 radical (unpaired) electrons. The molecule has 0 atom stereocenters. The molecule has 0 fully saturated rings. The largest absolute Gasteiger partial charge is 0.384 e. The van der Waals surface area contributed by atoms with Gasteiger partial charge in [0.15, 0.2) is 0 Å². The Bertz CT molecular complexity index is 935. The number of anilines is 1. The van der Waals surface area contributed by atoms with Crippen LogP contribution in [0, 0.1) is 28.7 Å². The van der Waals surface area contributed by atoms with E-state index in [4.69, 9.17) is 11.0 Å². The summed E-state index contributed by atoms with van der Waals surface area (Å²) in [6, 6.07) is 11.8. The van der Waals surface area contributed by atoms with Gasteiger partial charge in [0.1, 0.15) is 11.9 Å². The Kier molecular flexibility index (Phi) is 4.53. The van der Waals surface area contributed by atoms with Crippen molar-refractivity contribution >= 4 is 28.4 Å². The third-order valence-corrected chi connectivity index (χ3v) is 4.83. The third-order valence-electron chi connectivity index (χ3n) is 3.94. The van der Waals surface area contributed by atoms with Gasteiger partial charge in [-0.2, -0.15) is 10.4 Å². The summed E-state index contributed by atoms with van der Waals surface area (Å²) in [6.07, 6.45) is 1.77. The average Bonchev–Trinajstić information content (AvgIpc) is 2.83. The van der Waals surface area contributed by atoms with E-state index in [0.717, 1.165) is 31.6 Å². The summed E-state index contributed by atoms with van der Waals surface area (Å²) < 4.78 is 2.92. The first-order valence-corrected chi connectivity index (χ1v) is 8.52. The van der Waals surface area contributed by atoms with E-state index < -0.39 is 0 Å². The van der Waals surface area contributed by atoms with Gasteiger partial charge in [-0.3, -0.25) is 4.68 Å². The molecular weight excluding hydrogens is 413 g/mol. The number of nitrogen functional groups attached to an aromatic ring is 1. The Balaban J connectivity index is 1.99. The molecule has 3 aromatic rings. The second-order valence-corrected chi connectivity index (χ2v) is 6.76. The van der Waals surface area contributed by atoms with Crippen LogP contribution in [-0.2, 0) is 6.54 Å². The fraction of sp³-hybridized carbons (Fsp3) is 0.167. The van der Waals surface area contributed by atoms with Crippen LogP contribution < -0.4 is 5.73 Å². The molecule has 0 bridgehead atoms. The van der Waals surface area contributed by atoms with E-state index in [1.54, 1.807) is 12.3 Å². The minimum absolute atomic E-state index is 0.514. The van der Waals surface area contributed by atoms with Gasteiger partial charge in [-0.25, -0.2) is 4.98 Å². The molecule has 2 aromatic heterocycles. The van der Waals surface area contributed by atoms with Gasteiger partial charge in [0.05, 0.1) is 17.8 Å². The normalized spacial score (nSPS) is 10.6. The van der Waals surface area contributed by atoms with Crippen LogP contribution >= 0.6 is 22.6 Å². The highest BCUT2D eigenvalue weighted by Crippen LogP contribution is 2.29. The first kappa shape index (κ1) is 16.5. The molecule has 6 heteroatoms. The van der Waals surface area contributed by atoms with Crippen LogP contribution in [0.25, 0.3) is 11.1 Å². The Morgan fingerprint density at radius 2 is 2.04 bits per heavy atom. The summed E-state index contributed by atoms with van der Waals surface area (Å²) >= 11 is 2.19. The van der Waals surface area contributed by atoms with E-state index >= 15 is 0 Å². The van der Waals surface area contributed by atoms with Crippen molar-refractivity contribution in [3.63, 3.8) is 0 Å². The molecule has 3 rings (SSSR count). The number of benzene rings is 1. The molecule has 0 amide bonds. The highest BCUT2D eigenvalue weighted by atomic mass is 127. The van der Waals surface area contributed by atoms with Crippen molar-refractivity contribution in [2.45, 2.75) is 20.4 Å². The third kappa shape index (κ3) is 3.12. The van der Waals surface area contributed by atoms with Crippen LogP contribution in [0.4, 0.5) is 5.82 Å². The summed E-state index contributed by atoms with van der Waals surface area (Å²) in [7, 11) is 0. The maximum atomic E-state index is 9.09. The van der Waals surface area contributed by atoms with E-state index in [-0.39, 0.29) is 0 Å². The minimum atomic E-state index is 0.514. The van der Waals surface area contributed by atoms with E-state index in [1.807, 2.05) is 35.9 Å². The van der Waals surface area contributed by atoms with Crippen molar-refractivity contribution in [3.05, 3.63) is 62.6 Å². The molecule has 0 spiro atoms. The summed E-state index contributed by atoms with van der Waals surface area (Å²) in [5.41, 5.74) is 11.6. The predicted octanol–water partition coefficient (Wildman–Crippen LogP) is 3.67. The fourth-order valence-corrected chi connectivity index (χ4v) is 3.37. The predicted molar refractivity (Wildman–Crippen MR) is 102 cm³/mol. The summed E-state index contributed by atoms with van der Waals surface area (Å²) in [5.74, 6) is 0.514. The summed E-state index contributed by atoms with van der Waals surface area (Å²) in [6.45, 7) is 4.71. The fourth-order valence-electron chi connectivity index (χ4n) is 2.73. The monoisotopic (exact) mass is 429 g/mol. The number of hydrogen-bond acceptors (Lipinski definition) is 4. The second kappa shape index (κ2) is 6.61. The number of hydrogen-bond donors (Lipinski definition) is 1. The van der Waals surface area contributed by atoms with E-state index in [0.29, 0.717) is 17.9 Å². The molecule has 0 aliphatic rings. The lowest BCUT2D eigenvalue weighted by Gasteiger charge is -2.07. The first-order valence-electron chi connectivity index (χ1n) is 7.44. The molecule has 5 nitrogen and oxygen atoms in total. The van der Waals surface area contributed by atoms with Gasteiger partial charge >= 0.3 is 0 Å². The standard InChI is InChI=1S/C18H16IN5/c1-11-18(14-4-5-15(8-20)16(19)7-14)12(2)24(23-11)10-13-3-6-17(21)22-9-13/h3-7,9H,10H2,1-2H3,(H2,21,22). The van der Waals surface area contributed by atoms with E-state index in [9.17, 15) is 0 Å². The number of rotatable bonds is 3. The molecule has 0 saturated carbocycles. The van der Waals surface area contributed by atoms with Crippen LogP contribution in [0.1, 0.15) is 22.5 Å². The van der Waals surface area contributed by atoms with Crippen LogP contribution in [0.15, 0.2) is 36.5 Å². The molecular formula is C18H16IN5. The SMILES string of the molecule is Cc1nn(Cc2ccc(N)nc2)c(C)c1-c1ccc(C#N)c(I)c1. The van der Waals surface area contributed by atoms with Gasteiger partial charge in [-0.1, -0.05) is 12.1 Å². The highest BCUT2D eigenvalue weighted by Gasteiger charge is 2.15. The van der Waals surface area contributed by atoms with E-state index in [2.05, 4.69) is 45.7 Å². The molecule has 1 aromatic carbocycles. The van der Waals surface area contributed by atoms with Crippen molar-refractivity contribution in [2.75, 3.05) is 5.73 Å². The average molecular weight is 429 g/mol. The Hall–Kier alpha value is -2.40. The number of pyridine rings is 1. The van der Waals surface area contributed by atoms with E-state index in [1.165, 1.54) is 0 Å². The summed E-state index contributed by atoms with van der Waals surface area (Å²) in [5, 5.41) is 13.8. The molecule has 120 valence electrons. The van der Waals surface area contributed by atoms with Gasteiger partial charge in [0.2, 0.25) is 0 Å². The Labute approximate surface area is 154 Å². The zero-order chi connectivity index (χ0) is 17.3. The van der Waals surface area contributed by atoms with Crippen molar-refractivity contribution in [3.8, 4) is 17.2 Å². The van der Waals surface area contributed by atoms with Crippen molar-refractivity contribution in [1.29, 1.82) is 5.26 Å². The lowest BCUT2D eigenvalue weighted by Crippen LogP contribution is -2.05. The van der Waals surface area contributed by atoms with Crippen molar-refractivity contribution < 1.29 is 0 Å². The second-order valence-electron chi connectivity index (χ2n) is 5.60. The number of nitriles is 1. The van der Waals surface area contributed by atoms with Gasteiger partial charge < -0.3 is 5.73 Å². The number of nitrogens with two attached hydrogens (primary N) is 1. The van der Waals surface area contributed by atoms with Gasteiger partial charge in [-0.15, -0.1) is 0 Å². The smallest absolute Gasteiger partial charge is 0.123 e.